The highest BCUT2D eigenvalue weighted by atomic mass is 79.9. The van der Waals surface area contributed by atoms with E-state index < -0.39 is 0 Å². The van der Waals surface area contributed by atoms with Crippen LogP contribution in [0.15, 0.2) is 88.3 Å². The molecule has 6 aromatic rings. The van der Waals surface area contributed by atoms with Gasteiger partial charge in [0.25, 0.3) is 5.56 Å². The minimum Gasteiger partial charge on any atom is -0.495 e. The number of aromatic nitrogens is 5. The number of para-hydroxylation sites is 1. The van der Waals surface area contributed by atoms with E-state index >= 15 is 0 Å². The number of fused-ring (bicyclic) bond motifs is 1. The maximum atomic E-state index is 13.3. The van der Waals surface area contributed by atoms with Gasteiger partial charge in [-0.3, -0.25) is 4.79 Å². The molecule has 7 nitrogen and oxygen atoms in total. The highest BCUT2D eigenvalue weighted by Crippen LogP contribution is 2.32. The number of hydrogen-bond donors (Lipinski definition) is 0. The molecule has 0 atom stereocenters. The second-order valence-electron chi connectivity index (χ2n) is 8.11. The summed E-state index contributed by atoms with van der Waals surface area (Å²) < 4.78 is 9.90. The Hall–Kier alpha value is -3.79. The average molecular weight is 591 g/mol. The van der Waals surface area contributed by atoms with Gasteiger partial charge in [-0.1, -0.05) is 69.2 Å². The lowest BCUT2D eigenvalue weighted by Gasteiger charge is -2.05. The fraction of sp³-hybridized carbons (Fsp3) is 0.0370. The Kier molecular flexibility index (Phi) is 6.11. The van der Waals surface area contributed by atoms with Crippen molar-refractivity contribution in [3.05, 3.63) is 109 Å². The molecule has 3 heterocycles. The smallest absolute Gasteiger partial charge is 0.291 e. The maximum absolute atomic E-state index is 13.3. The molecule has 0 saturated heterocycles. The van der Waals surface area contributed by atoms with Crippen LogP contribution in [-0.4, -0.2) is 31.5 Å². The van der Waals surface area contributed by atoms with Crippen molar-refractivity contribution >= 4 is 49.9 Å². The van der Waals surface area contributed by atoms with E-state index in [9.17, 15) is 4.79 Å². The number of ether oxygens (including phenoxy) is 1. The van der Waals surface area contributed by atoms with Crippen molar-refractivity contribution in [1.29, 1.82) is 0 Å². The van der Waals surface area contributed by atoms with E-state index in [2.05, 4.69) is 26.0 Å². The van der Waals surface area contributed by atoms with E-state index in [1.807, 2.05) is 72.9 Å². The van der Waals surface area contributed by atoms with Gasteiger partial charge in [0.15, 0.2) is 5.82 Å². The van der Waals surface area contributed by atoms with Crippen LogP contribution in [0.3, 0.4) is 0 Å². The summed E-state index contributed by atoms with van der Waals surface area (Å²) in [5.74, 6) is 1.08. The van der Waals surface area contributed by atoms with E-state index in [1.54, 1.807) is 23.9 Å². The summed E-state index contributed by atoms with van der Waals surface area (Å²) in [6.45, 7) is 0. The monoisotopic (exact) mass is 589 g/mol. The van der Waals surface area contributed by atoms with Gasteiger partial charge >= 0.3 is 0 Å². The number of methoxy groups -OCH3 is 1. The largest absolute Gasteiger partial charge is 0.495 e. The molecule has 0 unspecified atom stereocenters. The fourth-order valence-electron chi connectivity index (χ4n) is 3.94. The lowest BCUT2D eigenvalue weighted by atomic mass is 10.1. The molecular formula is C27H17BrClN5O2S. The summed E-state index contributed by atoms with van der Waals surface area (Å²) in [7, 11) is 1.57. The van der Waals surface area contributed by atoms with Crippen LogP contribution < -0.4 is 14.8 Å². The molecule has 0 amide bonds. The fourth-order valence-corrected chi connectivity index (χ4v) is 5.36. The van der Waals surface area contributed by atoms with E-state index in [0.717, 1.165) is 26.9 Å². The molecular weight excluding hydrogens is 574 g/mol. The second kappa shape index (κ2) is 9.59. The van der Waals surface area contributed by atoms with Gasteiger partial charge in [0.1, 0.15) is 11.4 Å². The molecule has 182 valence electrons. The molecule has 37 heavy (non-hydrogen) atoms. The van der Waals surface area contributed by atoms with E-state index in [1.165, 1.54) is 15.9 Å². The number of halogens is 2. The second-order valence-corrected chi connectivity index (χ2v) is 10.4. The lowest BCUT2D eigenvalue weighted by Crippen LogP contribution is -2.23. The van der Waals surface area contributed by atoms with Crippen LogP contribution in [0.5, 0.6) is 5.75 Å². The summed E-state index contributed by atoms with van der Waals surface area (Å²) in [4.78, 5) is 18.4. The van der Waals surface area contributed by atoms with Crippen LogP contribution in [-0.2, 0) is 0 Å². The highest BCUT2D eigenvalue weighted by Gasteiger charge is 2.16. The minimum atomic E-state index is -0.234. The van der Waals surface area contributed by atoms with Crippen molar-refractivity contribution in [1.82, 2.24) is 24.4 Å². The summed E-state index contributed by atoms with van der Waals surface area (Å²) in [6, 6.07) is 22.9. The number of hydrogen-bond acceptors (Lipinski definition) is 6. The van der Waals surface area contributed by atoms with Crippen molar-refractivity contribution in [2.45, 2.75) is 0 Å². The molecule has 0 radical (unpaired) electrons. The molecule has 3 aromatic heterocycles. The summed E-state index contributed by atoms with van der Waals surface area (Å²) in [6.07, 6.45) is 3.72. The Balaban J connectivity index is 1.48. The third-order valence-electron chi connectivity index (χ3n) is 5.76. The molecule has 0 spiro atoms. The normalized spacial score (nSPS) is 11.9. The highest BCUT2D eigenvalue weighted by molar-refractivity contribution is 9.10. The minimum absolute atomic E-state index is 0.234. The van der Waals surface area contributed by atoms with Crippen molar-refractivity contribution in [3.63, 3.8) is 0 Å². The number of rotatable bonds is 5. The Labute approximate surface area is 228 Å². The molecule has 0 saturated carbocycles. The van der Waals surface area contributed by atoms with Crippen LogP contribution in [0.25, 0.3) is 39.4 Å². The van der Waals surface area contributed by atoms with Gasteiger partial charge in [0.05, 0.1) is 22.4 Å². The Morgan fingerprint density at radius 1 is 1.00 bits per heavy atom. The molecule has 0 N–H and O–H groups in total. The first kappa shape index (κ1) is 23.6. The molecule has 3 aromatic carbocycles. The van der Waals surface area contributed by atoms with E-state index in [0.29, 0.717) is 31.8 Å². The van der Waals surface area contributed by atoms with Crippen molar-refractivity contribution in [2.24, 2.45) is 0 Å². The zero-order valence-electron chi connectivity index (χ0n) is 19.3. The van der Waals surface area contributed by atoms with E-state index in [-0.39, 0.29) is 5.56 Å². The number of nitrogens with zero attached hydrogens (tertiary/aromatic N) is 5. The van der Waals surface area contributed by atoms with Gasteiger partial charge in [0.2, 0.25) is 4.96 Å². The first-order valence-corrected chi connectivity index (χ1v) is 13.1. The topological polar surface area (TPSA) is 74.3 Å². The Morgan fingerprint density at radius 2 is 1.76 bits per heavy atom. The molecule has 0 aliphatic rings. The van der Waals surface area contributed by atoms with E-state index in [4.69, 9.17) is 21.4 Å². The average Bonchev–Trinajstić information content (AvgIpc) is 3.60. The SMILES string of the molecule is COc1ccc(-c2nn(-c3ccccc3)cc2/C=c2\sc3nc(-c4ccc(Br)cc4)nn3c2=O)cc1Cl. The summed E-state index contributed by atoms with van der Waals surface area (Å²) in [5, 5.41) is 9.75. The van der Waals surface area contributed by atoms with Gasteiger partial charge in [-0.15, -0.1) is 5.10 Å². The molecule has 0 bridgehead atoms. The van der Waals surface area contributed by atoms with Crippen molar-refractivity contribution < 1.29 is 4.74 Å². The Bertz CT molecular complexity index is 1860. The summed E-state index contributed by atoms with van der Waals surface area (Å²) in [5.41, 5.74) is 3.75. The molecule has 0 aliphatic carbocycles. The van der Waals surface area contributed by atoms with Gasteiger partial charge in [0, 0.05) is 27.4 Å². The first-order chi connectivity index (χ1) is 18.0. The number of benzene rings is 3. The lowest BCUT2D eigenvalue weighted by molar-refractivity contribution is 0.415. The van der Waals surface area contributed by atoms with Crippen LogP contribution >= 0.6 is 38.9 Å². The molecule has 0 aliphatic heterocycles. The molecule has 6 rings (SSSR count). The van der Waals surface area contributed by atoms with Crippen LogP contribution in [0.1, 0.15) is 5.56 Å². The standard InChI is InChI=1S/C27H17BrClN5O2S/c1-36-22-12-9-17(13-21(22)29)24-18(15-33(31-24)20-5-3-2-4-6-20)14-23-26(35)34-27(37-23)30-25(32-34)16-7-10-19(28)11-8-16/h2-15H,1H3/b23-14-. The van der Waals surface area contributed by atoms with Crippen LogP contribution in [0, 0.1) is 0 Å². The van der Waals surface area contributed by atoms with Crippen LogP contribution in [0.2, 0.25) is 5.02 Å². The van der Waals surface area contributed by atoms with Gasteiger partial charge < -0.3 is 4.74 Å². The third-order valence-corrected chi connectivity index (χ3v) is 7.54. The summed E-state index contributed by atoms with van der Waals surface area (Å²) >= 11 is 11.1. The van der Waals surface area contributed by atoms with Crippen molar-refractivity contribution in [3.8, 4) is 34.1 Å². The maximum Gasteiger partial charge on any atom is 0.291 e. The molecule has 10 heteroatoms. The number of thiazole rings is 1. The zero-order valence-corrected chi connectivity index (χ0v) is 22.5. The first-order valence-electron chi connectivity index (χ1n) is 11.2. The van der Waals surface area contributed by atoms with Crippen molar-refractivity contribution in [2.75, 3.05) is 7.11 Å². The van der Waals surface area contributed by atoms with Gasteiger partial charge in [-0.2, -0.15) is 14.6 Å². The Morgan fingerprint density at radius 3 is 2.46 bits per heavy atom. The van der Waals surface area contributed by atoms with Gasteiger partial charge in [-0.05, 0) is 48.5 Å². The quantitative estimate of drug-likeness (QED) is 0.260. The molecule has 0 fully saturated rings. The predicted octanol–water partition coefficient (Wildman–Crippen LogP) is 5.64. The van der Waals surface area contributed by atoms with Crippen LogP contribution in [0.4, 0.5) is 0 Å². The zero-order chi connectivity index (χ0) is 25.5. The van der Waals surface area contributed by atoms with Gasteiger partial charge in [-0.25, -0.2) is 4.68 Å². The third kappa shape index (κ3) is 4.46. The predicted molar refractivity (Wildman–Crippen MR) is 150 cm³/mol.